The number of aryl methyl sites for hydroxylation is 2. The fourth-order valence-electron chi connectivity index (χ4n) is 6.00. The number of aldehydes is 2. The average molecular weight is 835 g/mol. The molecular formula is C41H36Cl4N6O5. The normalized spacial score (nSPS) is 12.1. The van der Waals surface area contributed by atoms with Gasteiger partial charge in [-0.3, -0.25) is 9.59 Å². The Morgan fingerprint density at radius 2 is 1.05 bits per heavy atom. The molecule has 15 heteroatoms. The van der Waals surface area contributed by atoms with Crippen molar-refractivity contribution >= 4 is 98.2 Å². The maximum atomic E-state index is 13.3. The van der Waals surface area contributed by atoms with E-state index in [1.807, 2.05) is 74.5 Å². The first kappa shape index (κ1) is 40.3. The van der Waals surface area contributed by atoms with Crippen LogP contribution in [0, 0.1) is 13.8 Å². The van der Waals surface area contributed by atoms with Crippen LogP contribution < -0.4 is 29.9 Å². The van der Waals surface area contributed by atoms with Gasteiger partial charge in [0.15, 0.2) is 24.9 Å². The number of rotatable bonds is 14. The Morgan fingerprint density at radius 1 is 0.643 bits per heavy atom. The fourth-order valence-corrected chi connectivity index (χ4v) is 7.23. The van der Waals surface area contributed by atoms with Crippen molar-refractivity contribution in [1.82, 2.24) is 20.6 Å². The van der Waals surface area contributed by atoms with Crippen molar-refractivity contribution < 1.29 is 23.9 Å². The molecule has 2 unspecified atom stereocenters. The number of benzene rings is 4. The highest BCUT2D eigenvalue weighted by atomic mass is 35.5. The highest BCUT2D eigenvalue weighted by Crippen LogP contribution is 2.37. The monoisotopic (exact) mass is 832 g/mol. The minimum Gasteiger partial charge on any atom is -0.487 e. The third-order valence-electron chi connectivity index (χ3n) is 9.13. The van der Waals surface area contributed by atoms with Gasteiger partial charge in [-0.15, -0.1) is 0 Å². The smallest absolute Gasteiger partial charge is 0.318 e. The lowest BCUT2D eigenvalue weighted by molar-refractivity contribution is -0.109. The molecule has 0 radical (unpaired) electrons. The molecular weight excluding hydrogens is 798 g/mol. The number of carbonyl (C=O) groups is 3. The van der Waals surface area contributed by atoms with E-state index < -0.39 is 18.4 Å². The predicted octanol–water partition coefficient (Wildman–Crippen LogP) is 9.09. The standard InChI is InChI=1S/C41H36Cl4N6O5/c1-23-11-13-25-7-5-9-33(39(25)46-23)55-21-27-29(42)15-17-31(37(27)44)50(3)35(19-52)48-41(54)49-36(20-53)51(4)32-18-16-30(43)28(38(32)45)22-56-34-10-6-8-26-14-12-24(2)47-40(26)34/h5-20,35-36H,21-22H2,1-4H3,(H2,48,49,54). The van der Waals surface area contributed by atoms with E-state index in [1.165, 1.54) is 9.80 Å². The van der Waals surface area contributed by atoms with Crippen LogP contribution >= 0.6 is 46.4 Å². The maximum Gasteiger partial charge on any atom is 0.318 e. The number of urea groups is 1. The summed E-state index contributed by atoms with van der Waals surface area (Å²) in [6.07, 6.45) is -1.36. The van der Waals surface area contributed by atoms with Crippen molar-refractivity contribution in [3.8, 4) is 11.5 Å². The Labute approximate surface area is 343 Å². The van der Waals surface area contributed by atoms with Gasteiger partial charge in [0.1, 0.15) is 35.7 Å². The van der Waals surface area contributed by atoms with Gasteiger partial charge in [0.05, 0.1) is 21.4 Å². The van der Waals surface area contributed by atoms with Crippen molar-refractivity contribution in [3.05, 3.63) is 128 Å². The van der Waals surface area contributed by atoms with Crippen LogP contribution in [-0.2, 0) is 22.8 Å². The van der Waals surface area contributed by atoms with Crippen LogP contribution in [0.3, 0.4) is 0 Å². The van der Waals surface area contributed by atoms with Crippen molar-refractivity contribution in [1.29, 1.82) is 0 Å². The summed E-state index contributed by atoms with van der Waals surface area (Å²) in [7, 11) is 3.15. The highest BCUT2D eigenvalue weighted by Gasteiger charge is 2.26. The van der Waals surface area contributed by atoms with Crippen LogP contribution in [0.15, 0.2) is 84.9 Å². The molecule has 6 rings (SSSR count). The molecule has 2 amide bonds. The summed E-state index contributed by atoms with van der Waals surface area (Å²) < 4.78 is 12.3. The highest BCUT2D eigenvalue weighted by molar-refractivity contribution is 6.38. The summed E-state index contributed by atoms with van der Waals surface area (Å²) in [6.45, 7) is 3.80. The third kappa shape index (κ3) is 8.71. The number of nitrogens with one attached hydrogen (secondary N) is 2. The Balaban J connectivity index is 1.13. The van der Waals surface area contributed by atoms with Crippen molar-refractivity contribution in [2.75, 3.05) is 23.9 Å². The first-order valence-electron chi connectivity index (χ1n) is 17.3. The Hall–Kier alpha value is -5.33. The van der Waals surface area contributed by atoms with E-state index in [2.05, 4.69) is 20.6 Å². The first-order valence-corrected chi connectivity index (χ1v) is 18.8. The molecule has 2 atom stereocenters. The predicted molar refractivity (Wildman–Crippen MR) is 223 cm³/mol. The van der Waals surface area contributed by atoms with Gasteiger partial charge >= 0.3 is 6.03 Å². The molecule has 2 aromatic heterocycles. The zero-order valence-corrected chi connectivity index (χ0v) is 33.7. The summed E-state index contributed by atoms with van der Waals surface area (Å²) in [5.74, 6) is 1.10. The summed E-state index contributed by atoms with van der Waals surface area (Å²) in [5.41, 5.74) is 4.78. The van der Waals surface area contributed by atoms with E-state index in [9.17, 15) is 14.4 Å². The molecule has 0 fully saturated rings. The van der Waals surface area contributed by atoms with Gasteiger partial charge in [0, 0.05) is 57.4 Å². The molecule has 0 saturated heterocycles. The van der Waals surface area contributed by atoms with Gasteiger partial charge in [-0.2, -0.15) is 0 Å². The topological polar surface area (TPSA) is 126 Å². The van der Waals surface area contributed by atoms with Gasteiger partial charge in [-0.1, -0.05) is 82.8 Å². The number of fused-ring (bicyclic) bond motifs is 2. The zero-order valence-electron chi connectivity index (χ0n) is 30.6. The number of pyridine rings is 2. The lowest BCUT2D eigenvalue weighted by Gasteiger charge is -2.31. The lowest BCUT2D eigenvalue weighted by atomic mass is 10.1. The Bertz CT molecular complexity index is 2280. The summed E-state index contributed by atoms with van der Waals surface area (Å²) in [5, 5.41) is 8.12. The number of hydrogen-bond acceptors (Lipinski definition) is 9. The molecule has 2 heterocycles. The molecule has 0 aliphatic rings. The largest absolute Gasteiger partial charge is 0.487 e. The van der Waals surface area contributed by atoms with Crippen LogP contribution in [0.2, 0.25) is 20.1 Å². The summed E-state index contributed by atoms with van der Waals surface area (Å²) >= 11 is 26.8. The second-order valence-corrected chi connectivity index (χ2v) is 14.4. The van der Waals surface area contributed by atoms with Gasteiger partial charge in [-0.05, 0) is 62.4 Å². The van der Waals surface area contributed by atoms with E-state index >= 15 is 0 Å². The number of aromatic nitrogens is 2. The summed E-state index contributed by atoms with van der Waals surface area (Å²) in [6, 6.07) is 24.7. The molecule has 0 saturated carbocycles. The van der Waals surface area contributed by atoms with Crippen LogP contribution in [0.4, 0.5) is 16.2 Å². The first-order chi connectivity index (χ1) is 26.9. The van der Waals surface area contributed by atoms with E-state index in [0.29, 0.717) is 67.7 Å². The molecule has 0 spiro atoms. The zero-order chi connectivity index (χ0) is 40.1. The fraction of sp³-hybridized carbons (Fsp3) is 0.195. The van der Waals surface area contributed by atoms with Crippen molar-refractivity contribution in [2.24, 2.45) is 0 Å². The van der Waals surface area contributed by atoms with E-state index in [4.69, 9.17) is 55.9 Å². The number of hydrogen-bond donors (Lipinski definition) is 2. The van der Waals surface area contributed by atoms with Crippen molar-refractivity contribution in [2.45, 2.75) is 39.4 Å². The maximum absolute atomic E-state index is 13.3. The van der Waals surface area contributed by atoms with E-state index in [0.717, 1.165) is 22.2 Å². The number of likely N-dealkylation sites (N-methyl/N-ethyl adjacent to an activating group) is 2. The number of halogens is 4. The Kier molecular flexibility index (Phi) is 12.7. The van der Waals surface area contributed by atoms with Crippen LogP contribution in [0.1, 0.15) is 22.5 Å². The minimum absolute atomic E-state index is 0.00225. The van der Waals surface area contributed by atoms with Gasteiger partial charge < -0.3 is 29.9 Å². The second kappa shape index (κ2) is 17.6. The Morgan fingerprint density at radius 3 is 1.45 bits per heavy atom. The van der Waals surface area contributed by atoms with E-state index in [-0.39, 0.29) is 23.3 Å². The van der Waals surface area contributed by atoms with E-state index in [1.54, 1.807) is 38.4 Å². The number of amides is 2. The molecule has 6 aromatic rings. The van der Waals surface area contributed by atoms with Crippen LogP contribution in [0.5, 0.6) is 11.5 Å². The van der Waals surface area contributed by atoms with Gasteiger partial charge in [0.2, 0.25) is 0 Å². The minimum atomic E-state index is -1.21. The quantitative estimate of drug-likeness (QED) is 0.0817. The van der Waals surface area contributed by atoms with Gasteiger partial charge in [-0.25, -0.2) is 14.8 Å². The number of ether oxygens (including phenoxy) is 2. The number of nitrogens with zero attached hydrogens (tertiary/aromatic N) is 4. The molecule has 11 nitrogen and oxygen atoms in total. The third-order valence-corrected chi connectivity index (χ3v) is 10.7. The second-order valence-electron chi connectivity index (χ2n) is 12.9. The van der Waals surface area contributed by atoms with Crippen molar-refractivity contribution in [3.63, 3.8) is 0 Å². The molecule has 0 aliphatic heterocycles. The molecule has 0 bridgehead atoms. The summed E-state index contributed by atoms with van der Waals surface area (Å²) in [4.78, 5) is 50.1. The van der Waals surface area contributed by atoms with Crippen LogP contribution in [-0.4, -0.2) is 55.0 Å². The molecule has 2 N–H and O–H groups in total. The molecule has 288 valence electrons. The molecule has 0 aliphatic carbocycles. The SMILES string of the molecule is Cc1ccc2cccc(OCc3c(Cl)ccc(N(C)C(C=O)NC(=O)NC(C=O)N(C)c4ccc(Cl)c(COc5cccc6ccc(C)nc56)c4Cl)c3Cl)c2n1. The number of anilines is 2. The molecule has 4 aromatic carbocycles. The number of para-hydroxylation sites is 2. The lowest BCUT2D eigenvalue weighted by Crippen LogP contribution is -2.56. The van der Waals surface area contributed by atoms with Gasteiger partial charge in [0.25, 0.3) is 0 Å². The average Bonchev–Trinajstić information content (AvgIpc) is 3.18. The molecule has 56 heavy (non-hydrogen) atoms. The van der Waals surface area contributed by atoms with Crippen LogP contribution in [0.25, 0.3) is 21.8 Å². The number of carbonyl (C=O) groups excluding carboxylic acids is 3.